The van der Waals surface area contributed by atoms with E-state index in [4.69, 9.17) is 5.73 Å². The van der Waals surface area contributed by atoms with E-state index in [0.717, 1.165) is 30.8 Å². The number of nitrogens with zero attached hydrogens (tertiary/aromatic N) is 4. The molecule has 1 fully saturated rings. The van der Waals surface area contributed by atoms with Crippen LogP contribution in [0.1, 0.15) is 24.2 Å². The summed E-state index contributed by atoms with van der Waals surface area (Å²) >= 11 is 0. The van der Waals surface area contributed by atoms with Gasteiger partial charge in [-0.3, -0.25) is 4.79 Å². The number of rotatable bonds is 3. The van der Waals surface area contributed by atoms with E-state index in [-0.39, 0.29) is 11.9 Å². The van der Waals surface area contributed by atoms with E-state index in [0.29, 0.717) is 12.5 Å². The van der Waals surface area contributed by atoms with Crippen molar-refractivity contribution >= 4 is 11.9 Å². The first-order valence-corrected chi connectivity index (χ1v) is 6.55. The van der Waals surface area contributed by atoms with Gasteiger partial charge in [-0.25, -0.2) is 9.97 Å². The van der Waals surface area contributed by atoms with Crippen molar-refractivity contribution < 1.29 is 4.79 Å². The Hall–Kier alpha value is -1.69. The summed E-state index contributed by atoms with van der Waals surface area (Å²) in [7, 11) is 3.56. The highest BCUT2D eigenvalue weighted by Gasteiger charge is 2.33. The molecule has 104 valence electrons. The van der Waals surface area contributed by atoms with Crippen molar-refractivity contribution in [2.75, 3.05) is 25.5 Å². The maximum absolute atomic E-state index is 12.2. The van der Waals surface area contributed by atoms with E-state index in [1.54, 1.807) is 19.0 Å². The Bertz CT molecular complexity index is 474. The van der Waals surface area contributed by atoms with E-state index in [2.05, 4.69) is 9.97 Å². The number of nitrogens with two attached hydrogens (primary N) is 1. The minimum atomic E-state index is -0.151. The summed E-state index contributed by atoms with van der Waals surface area (Å²) < 4.78 is 0. The molecular weight excluding hydrogens is 242 g/mol. The molecule has 1 aliphatic heterocycles. The van der Waals surface area contributed by atoms with Crippen LogP contribution in [0.2, 0.25) is 0 Å². The molecule has 19 heavy (non-hydrogen) atoms. The lowest BCUT2D eigenvalue weighted by Crippen LogP contribution is -2.43. The molecule has 0 aromatic carbocycles. The molecule has 2 N–H and O–H groups in total. The third-order valence-electron chi connectivity index (χ3n) is 3.34. The third-order valence-corrected chi connectivity index (χ3v) is 3.34. The maximum atomic E-state index is 12.2. The number of aromatic nitrogens is 2. The van der Waals surface area contributed by atoms with Gasteiger partial charge in [-0.15, -0.1) is 0 Å². The molecule has 0 radical (unpaired) electrons. The summed E-state index contributed by atoms with van der Waals surface area (Å²) in [5.74, 6) is 0.732. The molecule has 1 atom stereocenters. The highest BCUT2D eigenvalue weighted by Crippen LogP contribution is 2.24. The first-order valence-electron chi connectivity index (χ1n) is 6.55. The predicted molar refractivity (Wildman–Crippen MR) is 73.7 cm³/mol. The summed E-state index contributed by atoms with van der Waals surface area (Å²) in [6.07, 6.45) is 1.84. The molecule has 2 rings (SSSR count). The number of likely N-dealkylation sites (N-methyl/N-ethyl adjacent to an activating group) is 1. The fraction of sp³-hybridized carbons (Fsp3) is 0.615. The van der Waals surface area contributed by atoms with Crippen molar-refractivity contribution in [3.63, 3.8) is 0 Å². The molecule has 1 aromatic rings. The van der Waals surface area contributed by atoms with Crippen molar-refractivity contribution in [2.24, 2.45) is 5.73 Å². The molecular formula is C13H21N5O. The summed E-state index contributed by atoms with van der Waals surface area (Å²) in [6.45, 7) is 3.12. The molecule has 0 saturated carbocycles. The number of hydrogen-bond acceptors (Lipinski definition) is 5. The monoisotopic (exact) mass is 263 g/mol. The second-order valence-electron chi connectivity index (χ2n) is 5.09. The van der Waals surface area contributed by atoms with Crippen LogP contribution in [0.4, 0.5) is 5.95 Å². The summed E-state index contributed by atoms with van der Waals surface area (Å²) in [6, 6.07) is 1.73. The first kappa shape index (κ1) is 13.7. The highest BCUT2D eigenvalue weighted by atomic mass is 16.2. The molecule has 0 aliphatic carbocycles. The molecule has 0 spiro atoms. The van der Waals surface area contributed by atoms with Crippen LogP contribution in [0.15, 0.2) is 6.07 Å². The van der Waals surface area contributed by atoms with Crippen molar-refractivity contribution in [3.05, 3.63) is 17.5 Å². The van der Waals surface area contributed by atoms with Crippen LogP contribution < -0.4 is 10.6 Å². The molecule has 1 saturated heterocycles. The van der Waals surface area contributed by atoms with Crippen LogP contribution in [0.3, 0.4) is 0 Å². The first-order chi connectivity index (χ1) is 9.02. The van der Waals surface area contributed by atoms with Gasteiger partial charge in [-0.2, -0.15) is 0 Å². The Balaban J connectivity index is 2.29. The second-order valence-corrected chi connectivity index (χ2v) is 5.09. The lowest BCUT2D eigenvalue weighted by atomic mass is 10.2. The largest absolute Gasteiger partial charge is 0.347 e. The zero-order valence-electron chi connectivity index (χ0n) is 11.8. The predicted octanol–water partition coefficient (Wildman–Crippen LogP) is 0.301. The van der Waals surface area contributed by atoms with Crippen molar-refractivity contribution in [3.8, 4) is 0 Å². The molecule has 1 unspecified atom stereocenters. The third kappa shape index (κ3) is 2.84. The number of hydrogen-bond donors (Lipinski definition) is 1. The molecule has 2 heterocycles. The summed E-state index contributed by atoms with van der Waals surface area (Å²) in [5, 5.41) is 0. The number of anilines is 1. The summed E-state index contributed by atoms with van der Waals surface area (Å²) in [4.78, 5) is 24.7. The van der Waals surface area contributed by atoms with E-state index in [1.807, 2.05) is 17.9 Å². The Morgan fingerprint density at radius 3 is 2.89 bits per heavy atom. The number of amides is 1. The van der Waals surface area contributed by atoms with Gasteiger partial charge in [-0.05, 0) is 25.8 Å². The molecule has 6 nitrogen and oxygen atoms in total. The van der Waals surface area contributed by atoms with Crippen LogP contribution in [-0.4, -0.2) is 47.5 Å². The van der Waals surface area contributed by atoms with Gasteiger partial charge < -0.3 is 15.5 Å². The van der Waals surface area contributed by atoms with E-state index in [1.165, 1.54) is 0 Å². The van der Waals surface area contributed by atoms with Crippen molar-refractivity contribution in [1.82, 2.24) is 14.9 Å². The Labute approximate surface area is 113 Å². The van der Waals surface area contributed by atoms with E-state index < -0.39 is 0 Å². The zero-order chi connectivity index (χ0) is 14.0. The van der Waals surface area contributed by atoms with Crippen molar-refractivity contribution in [2.45, 2.75) is 32.4 Å². The minimum Gasteiger partial charge on any atom is -0.347 e. The Morgan fingerprint density at radius 1 is 1.53 bits per heavy atom. The average Bonchev–Trinajstić information content (AvgIpc) is 2.85. The number of carbonyl (C=O) groups is 1. The van der Waals surface area contributed by atoms with Crippen LogP contribution in [0.5, 0.6) is 0 Å². The topological polar surface area (TPSA) is 75.3 Å². The Morgan fingerprint density at radius 2 is 2.26 bits per heavy atom. The van der Waals surface area contributed by atoms with Gasteiger partial charge in [0.25, 0.3) is 0 Å². The average molecular weight is 263 g/mol. The fourth-order valence-corrected chi connectivity index (χ4v) is 2.41. The molecule has 0 bridgehead atoms. The van der Waals surface area contributed by atoms with Gasteiger partial charge in [0.15, 0.2) is 0 Å². The van der Waals surface area contributed by atoms with E-state index in [9.17, 15) is 4.79 Å². The number of carbonyl (C=O) groups excluding carboxylic acids is 1. The molecule has 6 heteroatoms. The smallest absolute Gasteiger partial charge is 0.244 e. The van der Waals surface area contributed by atoms with Gasteiger partial charge in [0.2, 0.25) is 11.9 Å². The minimum absolute atomic E-state index is 0.108. The maximum Gasteiger partial charge on any atom is 0.244 e. The summed E-state index contributed by atoms with van der Waals surface area (Å²) in [5.41, 5.74) is 7.34. The zero-order valence-corrected chi connectivity index (χ0v) is 11.8. The SMILES string of the molecule is Cc1cc(CN)nc(N2CCCC2C(=O)N(C)C)n1. The second kappa shape index (κ2) is 5.52. The molecule has 1 amide bonds. The standard InChI is InChI=1S/C13H21N5O/c1-9-7-10(8-14)16-13(15-9)18-6-4-5-11(18)12(19)17(2)3/h7,11H,4-6,8,14H2,1-3H3. The molecule has 1 aromatic heterocycles. The fourth-order valence-electron chi connectivity index (χ4n) is 2.41. The van der Waals surface area contributed by atoms with Crippen LogP contribution in [0.25, 0.3) is 0 Å². The Kier molecular flexibility index (Phi) is 3.99. The van der Waals surface area contributed by atoms with Gasteiger partial charge in [-0.1, -0.05) is 0 Å². The van der Waals surface area contributed by atoms with Gasteiger partial charge >= 0.3 is 0 Å². The van der Waals surface area contributed by atoms with Gasteiger partial charge in [0.1, 0.15) is 6.04 Å². The van der Waals surface area contributed by atoms with Crippen LogP contribution >= 0.6 is 0 Å². The van der Waals surface area contributed by atoms with Gasteiger partial charge in [0, 0.05) is 32.9 Å². The highest BCUT2D eigenvalue weighted by molar-refractivity contribution is 5.84. The lowest BCUT2D eigenvalue weighted by Gasteiger charge is -2.26. The number of aryl methyl sites for hydroxylation is 1. The lowest BCUT2D eigenvalue weighted by molar-refractivity contribution is -0.129. The molecule has 1 aliphatic rings. The normalized spacial score (nSPS) is 18.7. The van der Waals surface area contributed by atoms with Crippen molar-refractivity contribution in [1.29, 1.82) is 0 Å². The van der Waals surface area contributed by atoms with Crippen LogP contribution in [-0.2, 0) is 11.3 Å². The van der Waals surface area contributed by atoms with Gasteiger partial charge in [0.05, 0.1) is 5.69 Å². The van der Waals surface area contributed by atoms with E-state index >= 15 is 0 Å². The quantitative estimate of drug-likeness (QED) is 0.849. The van der Waals surface area contributed by atoms with Crippen LogP contribution in [0, 0.1) is 6.92 Å².